The van der Waals surface area contributed by atoms with Crippen molar-refractivity contribution >= 4 is 17.7 Å². The second-order valence-electron chi connectivity index (χ2n) is 4.16. The number of aromatic amines is 1. The fraction of sp³-hybridized carbons (Fsp3) is 0.667. The van der Waals surface area contributed by atoms with E-state index in [1.54, 1.807) is 6.20 Å². The van der Waals surface area contributed by atoms with Crippen LogP contribution in [0.25, 0.3) is 0 Å². The van der Waals surface area contributed by atoms with Gasteiger partial charge in [-0.2, -0.15) is 16.9 Å². The van der Waals surface area contributed by atoms with Gasteiger partial charge in [0, 0.05) is 12.1 Å². The summed E-state index contributed by atoms with van der Waals surface area (Å²) in [5.74, 6) is 0.283. The van der Waals surface area contributed by atoms with Crippen molar-refractivity contribution in [2.24, 2.45) is 0 Å². The molecule has 0 unspecified atom stereocenters. The second kappa shape index (κ2) is 8.99. The zero-order valence-electron chi connectivity index (χ0n) is 10.7. The number of carboxylic acid groups (broad SMARTS) is 1. The summed E-state index contributed by atoms with van der Waals surface area (Å²) in [4.78, 5) is 10.8. The van der Waals surface area contributed by atoms with Crippen molar-refractivity contribution in [1.29, 1.82) is 0 Å². The van der Waals surface area contributed by atoms with Crippen LogP contribution in [0, 0.1) is 0 Å². The summed E-state index contributed by atoms with van der Waals surface area (Å²) >= 11 is 1.89. The molecule has 1 rings (SSSR count). The molecule has 0 fully saturated rings. The van der Waals surface area contributed by atoms with E-state index in [2.05, 4.69) is 21.8 Å². The van der Waals surface area contributed by atoms with Crippen LogP contribution >= 0.6 is 11.8 Å². The van der Waals surface area contributed by atoms with Crippen LogP contribution < -0.4 is 5.32 Å². The summed E-state index contributed by atoms with van der Waals surface area (Å²) in [5, 5.41) is 18.4. The minimum atomic E-state index is -0.957. The molecule has 6 heteroatoms. The van der Waals surface area contributed by atoms with Gasteiger partial charge in [0.2, 0.25) is 0 Å². The summed E-state index contributed by atoms with van der Waals surface area (Å²) in [6.07, 6.45) is 8.61. The first kappa shape index (κ1) is 15.0. The predicted molar refractivity (Wildman–Crippen MR) is 74.1 cm³/mol. The third-order valence-corrected chi connectivity index (χ3v) is 3.40. The molecule has 0 saturated carbocycles. The van der Waals surface area contributed by atoms with Crippen molar-refractivity contribution in [3.8, 4) is 0 Å². The third-order valence-electron chi connectivity index (χ3n) is 2.70. The summed E-state index contributed by atoms with van der Waals surface area (Å²) in [6, 6.07) is 0. The molecule has 0 atom stereocenters. The highest BCUT2D eigenvalue weighted by Crippen LogP contribution is 2.05. The van der Waals surface area contributed by atoms with Gasteiger partial charge in [-0.3, -0.25) is 5.10 Å². The summed E-state index contributed by atoms with van der Waals surface area (Å²) in [6.45, 7) is 1.48. The lowest BCUT2D eigenvalue weighted by Gasteiger charge is -2.04. The maximum absolute atomic E-state index is 10.8. The van der Waals surface area contributed by atoms with Gasteiger partial charge < -0.3 is 10.4 Å². The number of hydrogen-bond donors (Lipinski definition) is 3. The van der Waals surface area contributed by atoms with Gasteiger partial charge in [-0.05, 0) is 31.4 Å². The summed E-state index contributed by atoms with van der Waals surface area (Å²) < 4.78 is 0. The lowest BCUT2D eigenvalue weighted by Crippen LogP contribution is -2.16. The highest BCUT2D eigenvalue weighted by atomic mass is 32.2. The molecule has 0 spiro atoms. The Balaban J connectivity index is 2.07. The minimum absolute atomic E-state index is 0.183. The molecule has 0 bridgehead atoms. The largest absolute Gasteiger partial charge is 0.477 e. The first-order chi connectivity index (χ1) is 8.75. The van der Waals surface area contributed by atoms with Crippen molar-refractivity contribution < 1.29 is 9.90 Å². The monoisotopic (exact) mass is 271 g/mol. The van der Waals surface area contributed by atoms with Crippen LogP contribution in [0.5, 0.6) is 0 Å². The van der Waals surface area contributed by atoms with E-state index in [4.69, 9.17) is 5.11 Å². The maximum Gasteiger partial charge on any atom is 0.354 e. The van der Waals surface area contributed by atoms with Crippen molar-refractivity contribution in [1.82, 2.24) is 15.5 Å². The zero-order valence-corrected chi connectivity index (χ0v) is 11.6. The lowest BCUT2D eigenvalue weighted by atomic mass is 10.2. The molecule has 1 aromatic rings. The van der Waals surface area contributed by atoms with E-state index < -0.39 is 5.97 Å². The Morgan fingerprint density at radius 1 is 1.44 bits per heavy atom. The molecular formula is C12H21N3O2S. The molecule has 18 heavy (non-hydrogen) atoms. The van der Waals surface area contributed by atoms with Crippen molar-refractivity contribution in [3.63, 3.8) is 0 Å². The van der Waals surface area contributed by atoms with Gasteiger partial charge in [-0.15, -0.1) is 0 Å². The van der Waals surface area contributed by atoms with Gasteiger partial charge in [0.25, 0.3) is 0 Å². The smallest absolute Gasteiger partial charge is 0.354 e. The Kier molecular flexibility index (Phi) is 7.52. The van der Waals surface area contributed by atoms with Gasteiger partial charge in [-0.1, -0.05) is 12.8 Å². The Morgan fingerprint density at radius 3 is 2.94 bits per heavy atom. The first-order valence-corrected chi connectivity index (χ1v) is 7.60. The van der Waals surface area contributed by atoms with Crippen LogP contribution in [-0.2, 0) is 6.54 Å². The zero-order chi connectivity index (χ0) is 13.2. The normalized spacial score (nSPS) is 10.7. The Hall–Kier alpha value is -1.01. The lowest BCUT2D eigenvalue weighted by molar-refractivity contribution is 0.0689. The van der Waals surface area contributed by atoms with E-state index >= 15 is 0 Å². The molecule has 5 nitrogen and oxygen atoms in total. The molecule has 3 N–H and O–H groups in total. The first-order valence-electron chi connectivity index (χ1n) is 6.21. The minimum Gasteiger partial charge on any atom is -0.477 e. The number of H-pyrrole nitrogens is 1. The summed E-state index contributed by atoms with van der Waals surface area (Å²) in [7, 11) is 0. The van der Waals surface area contributed by atoms with E-state index in [0.29, 0.717) is 12.1 Å². The highest BCUT2D eigenvalue weighted by molar-refractivity contribution is 7.98. The molecule has 0 radical (unpaired) electrons. The Morgan fingerprint density at radius 2 is 2.22 bits per heavy atom. The van der Waals surface area contributed by atoms with Crippen LogP contribution in [-0.4, -0.2) is 39.8 Å². The number of nitrogens with zero attached hydrogens (tertiary/aromatic N) is 1. The number of unbranched alkanes of at least 4 members (excludes halogenated alkanes) is 3. The van der Waals surface area contributed by atoms with Crippen LogP contribution in [0.1, 0.15) is 41.7 Å². The van der Waals surface area contributed by atoms with E-state index in [9.17, 15) is 4.79 Å². The van der Waals surface area contributed by atoms with E-state index in [1.807, 2.05) is 11.8 Å². The van der Waals surface area contributed by atoms with E-state index in [-0.39, 0.29) is 5.69 Å². The molecule has 0 aliphatic heterocycles. The SMILES string of the molecule is CSCCCCCCNCc1cn[nH]c1C(=O)O. The quantitative estimate of drug-likeness (QED) is 0.568. The van der Waals surface area contributed by atoms with Gasteiger partial charge in [0.15, 0.2) is 0 Å². The molecule has 1 heterocycles. The average molecular weight is 271 g/mol. The van der Waals surface area contributed by atoms with Gasteiger partial charge in [-0.25, -0.2) is 4.79 Å². The number of hydrogen-bond acceptors (Lipinski definition) is 4. The standard InChI is InChI=1S/C12H21N3O2S/c1-18-7-5-3-2-4-6-13-8-10-9-14-15-11(10)12(16)17/h9,13H,2-8H2,1H3,(H,14,15)(H,16,17). The van der Waals surface area contributed by atoms with Gasteiger partial charge in [0.1, 0.15) is 5.69 Å². The Bertz CT molecular complexity index is 355. The van der Waals surface area contributed by atoms with Crippen LogP contribution in [0.4, 0.5) is 0 Å². The molecule has 102 valence electrons. The maximum atomic E-state index is 10.8. The molecule has 0 amide bonds. The molecule has 0 aliphatic rings. The number of carbonyl (C=O) groups is 1. The van der Waals surface area contributed by atoms with Gasteiger partial charge in [0.05, 0.1) is 6.20 Å². The molecule has 0 aromatic carbocycles. The molecule has 0 saturated heterocycles. The van der Waals surface area contributed by atoms with E-state index in [1.165, 1.54) is 25.0 Å². The molecule has 1 aromatic heterocycles. The van der Waals surface area contributed by atoms with Crippen molar-refractivity contribution in [3.05, 3.63) is 17.5 Å². The third kappa shape index (κ3) is 5.55. The summed E-state index contributed by atoms with van der Waals surface area (Å²) in [5.41, 5.74) is 0.896. The van der Waals surface area contributed by atoms with Crippen molar-refractivity contribution in [2.75, 3.05) is 18.6 Å². The molecule has 0 aliphatic carbocycles. The van der Waals surface area contributed by atoms with Crippen LogP contribution in [0.3, 0.4) is 0 Å². The second-order valence-corrected chi connectivity index (χ2v) is 5.14. The number of rotatable bonds is 10. The predicted octanol–water partition coefficient (Wildman–Crippen LogP) is 2.12. The van der Waals surface area contributed by atoms with E-state index in [0.717, 1.165) is 13.0 Å². The number of thioether (sulfide) groups is 1. The fourth-order valence-electron chi connectivity index (χ4n) is 1.70. The molecular weight excluding hydrogens is 250 g/mol. The van der Waals surface area contributed by atoms with Crippen LogP contribution in [0.15, 0.2) is 6.20 Å². The number of nitrogens with one attached hydrogen (secondary N) is 2. The van der Waals surface area contributed by atoms with Crippen molar-refractivity contribution in [2.45, 2.75) is 32.2 Å². The van der Waals surface area contributed by atoms with Crippen LogP contribution in [0.2, 0.25) is 0 Å². The fourth-order valence-corrected chi connectivity index (χ4v) is 2.20. The van der Waals surface area contributed by atoms with Gasteiger partial charge >= 0.3 is 5.97 Å². The highest BCUT2D eigenvalue weighted by Gasteiger charge is 2.11. The Labute approximate surface area is 112 Å². The number of aromatic nitrogens is 2. The number of aromatic carboxylic acids is 1. The number of carboxylic acids is 1. The average Bonchev–Trinajstić information content (AvgIpc) is 2.81. The topological polar surface area (TPSA) is 78.0 Å².